The standard InChI is InChI=1S/C18H18FN3O5S/c1-3-26-17(24)15-9-28-16(21-15)13-5-4-11(6-14(13)19)22-8-12(27-18(22)25)7-20-10(2)23/h4-6,9,12H,3,7-8H2,1-2H3,(H,20,23). The molecule has 1 aliphatic heterocycles. The van der Waals surface area contributed by atoms with Crippen molar-refractivity contribution >= 4 is 35.0 Å². The smallest absolute Gasteiger partial charge is 0.414 e. The Bertz CT molecular complexity index is 916. The summed E-state index contributed by atoms with van der Waals surface area (Å²) < 4.78 is 24.7. The Morgan fingerprint density at radius 2 is 2.25 bits per heavy atom. The molecule has 1 unspecified atom stereocenters. The summed E-state index contributed by atoms with van der Waals surface area (Å²) in [4.78, 5) is 40.1. The molecule has 3 rings (SSSR count). The van der Waals surface area contributed by atoms with Gasteiger partial charge in [0, 0.05) is 17.9 Å². The highest BCUT2D eigenvalue weighted by Gasteiger charge is 2.32. The van der Waals surface area contributed by atoms with Crippen LogP contribution in [0.2, 0.25) is 0 Å². The SMILES string of the molecule is CCOC(=O)c1csc(-c2ccc(N3CC(CNC(C)=O)OC3=O)cc2F)n1. The van der Waals surface area contributed by atoms with E-state index in [4.69, 9.17) is 9.47 Å². The lowest BCUT2D eigenvalue weighted by Gasteiger charge is -2.14. The van der Waals surface area contributed by atoms with Crippen LogP contribution >= 0.6 is 11.3 Å². The molecule has 0 saturated carbocycles. The van der Waals surface area contributed by atoms with Crippen molar-refractivity contribution in [2.45, 2.75) is 20.0 Å². The Morgan fingerprint density at radius 1 is 1.46 bits per heavy atom. The normalized spacial score (nSPS) is 16.0. The minimum absolute atomic E-state index is 0.120. The van der Waals surface area contributed by atoms with E-state index in [0.29, 0.717) is 10.7 Å². The molecular formula is C18H18FN3O5S. The van der Waals surface area contributed by atoms with Gasteiger partial charge in [-0.1, -0.05) is 0 Å². The monoisotopic (exact) mass is 407 g/mol. The molecule has 1 fully saturated rings. The third-order valence-corrected chi connectivity index (χ3v) is 4.81. The number of nitrogens with zero attached hydrogens (tertiary/aromatic N) is 2. The molecule has 1 atom stereocenters. The van der Waals surface area contributed by atoms with Crippen LogP contribution < -0.4 is 10.2 Å². The molecule has 0 aliphatic carbocycles. The second-order valence-electron chi connectivity index (χ2n) is 5.98. The number of rotatable bonds is 6. The third-order valence-electron chi connectivity index (χ3n) is 3.94. The zero-order chi connectivity index (χ0) is 20.3. The summed E-state index contributed by atoms with van der Waals surface area (Å²) in [6, 6.07) is 4.28. The average molecular weight is 407 g/mol. The fourth-order valence-electron chi connectivity index (χ4n) is 2.64. The Labute approximate surface area is 164 Å². The van der Waals surface area contributed by atoms with Gasteiger partial charge in [0.1, 0.15) is 16.9 Å². The van der Waals surface area contributed by atoms with Gasteiger partial charge in [0.15, 0.2) is 5.69 Å². The van der Waals surface area contributed by atoms with Crippen molar-refractivity contribution in [1.29, 1.82) is 0 Å². The summed E-state index contributed by atoms with van der Waals surface area (Å²) in [5.41, 5.74) is 0.666. The number of carbonyl (C=O) groups excluding carboxylic acids is 3. The van der Waals surface area contributed by atoms with Crippen molar-refractivity contribution in [2.75, 3.05) is 24.6 Å². The Morgan fingerprint density at radius 3 is 2.93 bits per heavy atom. The zero-order valence-electron chi connectivity index (χ0n) is 15.2. The summed E-state index contributed by atoms with van der Waals surface area (Å²) in [7, 11) is 0. The van der Waals surface area contributed by atoms with Crippen LogP contribution in [0, 0.1) is 5.82 Å². The Balaban J connectivity index is 1.75. The predicted octanol–water partition coefficient (Wildman–Crippen LogP) is 2.59. The van der Waals surface area contributed by atoms with Crippen LogP contribution in [-0.4, -0.2) is 48.8 Å². The quantitative estimate of drug-likeness (QED) is 0.739. The molecule has 1 aromatic heterocycles. The minimum Gasteiger partial charge on any atom is -0.461 e. The summed E-state index contributed by atoms with van der Waals surface area (Å²) in [5.74, 6) is -1.37. The number of nitrogens with one attached hydrogen (secondary N) is 1. The van der Waals surface area contributed by atoms with Gasteiger partial charge in [0.05, 0.1) is 25.4 Å². The topological polar surface area (TPSA) is 97.8 Å². The van der Waals surface area contributed by atoms with E-state index >= 15 is 0 Å². The van der Waals surface area contributed by atoms with Gasteiger partial charge in [-0.05, 0) is 25.1 Å². The molecule has 1 aliphatic rings. The van der Waals surface area contributed by atoms with E-state index in [1.165, 1.54) is 29.3 Å². The lowest BCUT2D eigenvalue weighted by atomic mass is 10.2. The number of esters is 1. The minimum atomic E-state index is -0.610. The van der Waals surface area contributed by atoms with Crippen LogP contribution in [-0.2, 0) is 14.3 Å². The van der Waals surface area contributed by atoms with E-state index in [-0.39, 0.29) is 36.9 Å². The number of cyclic esters (lactones) is 1. The molecule has 1 saturated heterocycles. The number of halogens is 1. The first-order valence-corrected chi connectivity index (χ1v) is 9.42. The first-order valence-electron chi connectivity index (χ1n) is 8.54. The van der Waals surface area contributed by atoms with Gasteiger partial charge in [0.2, 0.25) is 5.91 Å². The first-order chi connectivity index (χ1) is 13.4. The molecular weight excluding hydrogens is 389 g/mol. The van der Waals surface area contributed by atoms with Gasteiger partial charge in [-0.3, -0.25) is 9.69 Å². The van der Waals surface area contributed by atoms with Crippen molar-refractivity contribution < 1.29 is 28.2 Å². The van der Waals surface area contributed by atoms with Crippen LogP contribution in [0.4, 0.5) is 14.9 Å². The van der Waals surface area contributed by atoms with E-state index < -0.39 is 24.0 Å². The first kappa shape index (κ1) is 19.7. The summed E-state index contributed by atoms with van der Waals surface area (Å²) >= 11 is 1.12. The second-order valence-corrected chi connectivity index (χ2v) is 6.83. The van der Waals surface area contributed by atoms with Gasteiger partial charge in [-0.15, -0.1) is 11.3 Å². The molecule has 2 aromatic rings. The molecule has 148 valence electrons. The van der Waals surface area contributed by atoms with Gasteiger partial charge >= 0.3 is 12.1 Å². The number of aromatic nitrogens is 1. The highest BCUT2D eigenvalue weighted by molar-refractivity contribution is 7.13. The number of ether oxygens (including phenoxy) is 2. The van der Waals surface area contributed by atoms with E-state index in [0.717, 1.165) is 11.3 Å². The maximum Gasteiger partial charge on any atom is 0.414 e. The Hall–Kier alpha value is -3.01. The largest absolute Gasteiger partial charge is 0.461 e. The summed E-state index contributed by atoms with van der Waals surface area (Å²) in [5, 5.41) is 4.42. The van der Waals surface area contributed by atoms with E-state index in [1.54, 1.807) is 13.0 Å². The molecule has 0 radical (unpaired) electrons. The maximum atomic E-state index is 14.6. The molecule has 0 spiro atoms. The van der Waals surface area contributed by atoms with Crippen molar-refractivity contribution in [3.05, 3.63) is 35.1 Å². The van der Waals surface area contributed by atoms with Gasteiger partial charge in [-0.25, -0.2) is 19.0 Å². The van der Waals surface area contributed by atoms with Gasteiger partial charge < -0.3 is 14.8 Å². The van der Waals surface area contributed by atoms with Crippen LogP contribution in [0.25, 0.3) is 10.6 Å². The lowest BCUT2D eigenvalue weighted by molar-refractivity contribution is -0.119. The highest BCUT2D eigenvalue weighted by atomic mass is 32.1. The zero-order valence-corrected chi connectivity index (χ0v) is 16.0. The summed E-state index contributed by atoms with van der Waals surface area (Å²) in [6.45, 7) is 3.67. The molecule has 1 N–H and O–H groups in total. The van der Waals surface area contributed by atoms with E-state index in [1.807, 2.05) is 0 Å². The molecule has 2 amide bonds. The molecule has 2 heterocycles. The maximum absolute atomic E-state index is 14.6. The number of anilines is 1. The fraction of sp³-hybridized carbons (Fsp3) is 0.333. The van der Waals surface area contributed by atoms with Crippen LogP contribution in [0.3, 0.4) is 0 Å². The van der Waals surface area contributed by atoms with Crippen molar-refractivity contribution in [1.82, 2.24) is 10.3 Å². The second kappa shape index (κ2) is 8.34. The van der Waals surface area contributed by atoms with Crippen LogP contribution in [0.1, 0.15) is 24.3 Å². The number of thiazole rings is 1. The fourth-order valence-corrected chi connectivity index (χ4v) is 3.45. The van der Waals surface area contributed by atoms with Crippen LogP contribution in [0.15, 0.2) is 23.6 Å². The number of carbonyl (C=O) groups is 3. The van der Waals surface area contributed by atoms with E-state index in [9.17, 15) is 18.8 Å². The number of hydrogen-bond donors (Lipinski definition) is 1. The molecule has 28 heavy (non-hydrogen) atoms. The van der Waals surface area contributed by atoms with Crippen molar-refractivity contribution in [2.24, 2.45) is 0 Å². The number of benzene rings is 1. The molecule has 8 nitrogen and oxygen atoms in total. The number of hydrogen-bond acceptors (Lipinski definition) is 7. The highest BCUT2D eigenvalue weighted by Crippen LogP contribution is 2.31. The lowest BCUT2D eigenvalue weighted by Crippen LogP contribution is -2.33. The van der Waals surface area contributed by atoms with Crippen molar-refractivity contribution in [3.8, 4) is 10.6 Å². The van der Waals surface area contributed by atoms with E-state index in [2.05, 4.69) is 10.3 Å². The van der Waals surface area contributed by atoms with Gasteiger partial charge in [-0.2, -0.15) is 0 Å². The third kappa shape index (κ3) is 4.28. The molecule has 10 heteroatoms. The Kier molecular flexibility index (Phi) is 5.88. The molecule has 1 aromatic carbocycles. The summed E-state index contributed by atoms with van der Waals surface area (Å²) in [6.07, 6.45) is -1.12. The predicted molar refractivity (Wildman–Crippen MR) is 99.8 cm³/mol. The van der Waals surface area contributed by atoms with Crippen molar-refractivity contribution in [3.63, 3.8) is 0 Å². The number of amides is 2. The molecule has 0 bridgehead atoms. The average Bonchev–Trinajstić information content (AvgIpc) is 3.27. The van der Waals surface area contributed by atoms with Crippen LogP contribution in [0.5, 0.6) is 0 Å². The van der Waals surface area contributed by atoms with Gasteiger partial charge in [0.25, 0.3) is 0 Å².